The van der Waals surface area contributed by atoms with Gasteiger partial charge >= 0.3 is 12.3 Å². The van der Waals surface area contributed by atoms with Gasteiger partial charge in [0.25, 0.3) is 0 Å². The average Bonchev–Trinajstić information content (AvgIpc) is 2.35. The Bertz CT molecular complexity index is 238. The van der Waals surface area contributed by atoms with Gasteiger partial charge in [0.1, 0.15) is 6.61 Å². The minimum absolute atomic E-state index is 0.122. The fourth-order valence-corrected chi connectivity index (χ4v) is 1.82. The molecular weight excluding hydrogens is 256 g/mol. The second kappa shape index (κ2) is 7.22. The number of ether oxygens (including phenoxy) is 2. The van der Waals surface area contributed by atoms with Gasteiger partial charge in [0.2, 0.25) is 0 Å². The smallest absolute Gasteiger partial charge is 0.330 e. The predicted octanol–water partition coefficient (Wildman–Crippen LogP) is 1.16. The maximum atomic E-state index is 12.6. The molecule has 1 aliphatic rings. The van der Waals surface area contributed by atoms with Crippen molar-refractivity contribution < 1.29 is 27.0 Å². The summed E-state index contributed by atoms with van der Waals surface area (Å²) < 4.78 is 58.8. The van der Waals surface area contributed by atoms with Gasteiger partial charge in [-0.25, -0.2) is 8.78 Å². The lowest BCUT2D eigenvalue weighted by Crippen LogP contribution is -2.46. The summed E-state index contributed by atoms with van der Waals surface area (Å²) in [6, 6.07) is -0.331. The monoisotopic (exact) mass is 274 g/mol. The van der Waals surface area contributed by atoms with Crippen molar-refractivity contribution >= 4 is 0 Å². The van der Waals surface area contributed by atoms with E-state index < -0.39 is 19.0 Å². The van der Waals surface area contributed by atoms with Gasteiger partial charge in [-0.2, -0.15) is 8.78 Å². The standard InChI is InChI=1S/C10H18F4N2O2/c11-9(12)10(13,14)6-18-5-8(16-15)7-1-3-17-4-2-7/h7-9,16H,1-6,15H2. The molecular formula is C10H18F4N2O2. The zero-order valence-electron chi connectivity index (χ0n) is 9.88. The molecule has 4 nitrogen and oxygen atoms in total. The van der Waals surface area contributed by atoms with Crippen LogP contribution in [0.15, 0.2) is 0 Å². The number of hydrogen-bond donors (Lipinski definition) is 2. The Morgan fingerprint density at radius 1 is 1.33 bits per heavy atom. The zero-order valence-corrected chi connectivity index (χ0v) is 9.88. The molecule has 0 bridgehead atoms. The van der Waals surface area contributed by atoms with Crippen LogP contribution in [0.3, 0.4) is 0 Å². The normalized spacial score (nSPS) is 20.3. The van der Waals surface area contributed by atoms with Crippen molar-refractivity contribution in [3.8, 4) is 0 Å². The van der Waals surface area contributed by atoms with Gasteiger partial charge in [0, 0.05) is 19.3 Å². The quantitative estimate of drug-likeness (QED) is 0.415. The molecule has 0 radical (unpaired) electrons. The summed E-state index contributed by atoms with van der Waals surface area (Å²) in [5, 5.41) is 0. The molecule has 0 aromatic rings. The average molecular weight is 274 g/mol. The largest absolute Gasteiger partial charge is 0.381 e. The van der Waals surface area contributed by atoms with Gasteiger partial charge in [0.15, 0.2) is 0 Å². The summed E-state index contributed by atoms with van der Waals surface area (Å²) in [5.41, 5.74) is 2.47. The van der Waals surface area contributed by atoms with E-state index >= 15 is 0 Å². The van der Waals surface area contributed by atoms with E-state index in [4.69, 9.17) is 10.6 Å². The van der Waals surface area contributed by atoms with Crippen molar-refractivity contribution in [3.63, 3.8) is 0 Å². The molecule has 18 heavy (non-hydrogen) atoms. The SMILES string of the molecule is NNC(COCC(F)(F)C(F)F)C1CCOCC1. The third kappa shape index (κ3) is 4.68. The van der Waals surface area contributed by atoms with Crippen LogP contribution in [-0.2, 0) is 9.47 Å². The molecule has 0 aliphatic carbocycles. The number of halogens is 4. The van der Waals surface area contributed by atoms with Gasteiger partial charge < -0.3 is 9.47 Å². The number of nitrogens with two attached hydrogens (primary N) is 1. The van der Waals surface area contributed by atoms with E-state index in [1.807, 2.05) is 0 Å². The van der Waals surface area contributed by atoms with Crippen LogP contribution < -0.4 is 11.3 Å². The molecule has 8 heteroatoms. The molecule has 0 saturated carbocycles. The van der Waals surface area contributed by atoms with Crippen LogP contribution in [0.1, 0.15) is 12.8 Å². The van der Waals surface area contributed by atoms with Crippen molar-refractivity contribution in [1.29, 1.82) is 0 Å². The van der Waals surface area contributed by atoms with Crippen LogP contribution in [0.25, 0.3) is 0 Å². The highest BCUT2D eigenvalue weighted by Gasteiger charge is 2.41. The molecule has 0 amide bonds. The molecule has 1 atom stereocenters. The van der Waals surface area contributed by atoms with E-state index in [2.05, 4.69) is 10.2 Å². The highest BCUT2D eigenvalue weighted by atomic mass is 19.3. The summed E-state index contributed by atoms with van der Waals surface area (Å²) in [4.78, 5) is 0. The van der Waals surface area contributed by atoms with E-state index in [1.165, 1.54) is 0 Å². The van der Waals surface area contributed by atoms with Crippen molar-refractivity contribution in [2.24, 2.45) is 11.8 Å². The molecule has 108 valence electrons. The fraction of sp³-hybridized carbons (Fsp3) is 1.00. The van der Waals surface area contributed by atoms with E-state index in [1.54, 1.807) is 0 Å². The molecule has 1 unspecified atom stereocenters. The van der Waals surface area contributed by atoms with Gasteiger partial charge in [-0.15, -0.1) is 0 Å². The number of nitrogens with one attached hydrogen (secondary N) is 1. The molecule has 1 fully saturated rings. The van der Waals surface area contributed by atoms with Crippen molar-refractivity contribution in [2.45, 2.75) is 31.2 Å². The van der Waals surface area contributed by atoms with E-state index in [-0.39, 0.29) is 18.6 Å². The van der Waals surface area contributed by atoms with Crippen LogP contribution in [-0.4, -0.2) is 44.8 Å². The topological polar surface area (TPSA) is 56.5 Å². The molecule has 3 N–H and O–H groups in total. The first kappa shape index (κ1) is 15.6. The van der Waals surface area contributed by atoms with E-state index in [0.29, 0.717) is 13.2 Å². The van der Waals surface area contributed by atoms with Crippen molar-refractivity contribution in [2.75, 3.05) is 26.4 Å². The third-order valence-electron chi connectivity index (χ3n) is 2.96. The first-order valence-corrected chi connectivity index (χ1v) is 5.75. The molecule has 0 aromatic carbocycles. The Labute approximate surface area is 103 Å². The highest BCUT2D eigenvalue weighted by molar-refractivity contribution is 4.77. The van der Waals surface area contributed by atoms with E-state index in [0.717, 1.165) is 12.8 Å². The molecule has 1 rings (SSSR count). The summed E-state index contributed by atoms with van der Waals surface area (Å²) in [6.07, 6.45) is -2.24. The second-order valence-electron chi connectivity index (χ2n) is 4.30. The number of rotatable bonds is 7. The van der Waals surface area contributed by atoms with Crippen LogP contribution in [0, 0.1) is 5.92 Å². The van der Waals surface area contributed by atoms with Crippen LogP contribution in [0.2, 0.25) is 0 Å². The van der Waals surface area contributed by atoms with Gasteiger partial charge in [0.05, 0.1) is 6.61 Å². The van der Waals surface area contributed by atoms with Gasteiger partial charge in [-0.3, -0.25) is 11.3 Å². The summed E-state index contributed by atoms with van der Waals surface area (Å²) >= 11 is 0. The first-order valence-electron chi connectivity index (χ1n) is 5.75. The molecule has 1 aliphatic heterocycles. The van der Waals surface area contributed by atoms with Gasteiger partial charge in [-0.1, -0.05) is 0 Å². The zero-order chi connectivity index (χ0) is 13.6. The van der Waals surface area contributed by atoms with Crippen molar-refractivity contribution in [3.05, 3.63) is 0 Å². The van der Waals surface area contributed by atoms with E-state index in [9.17, 15) is 17.6 Å². The number of alkyl halides is 4. The summed E-state index contributed by atoms with van der Waals surface area (Å²) in [6.45, 7) is -0.262. The Hall–Kier alpha value is -0.440. The Kier molecular flexibility index (Phi) is 6.27. The predicted molar refractivity (Wildman–Crippen MR) is 56.4 cm³/mol. The third-order valence-corrected chi connectivity index (χ3v) is 2.96. The summed E-state index contributed by atoms with van der Waals surface area (Å²) in [5.74, 6) is 1.33. The summed E-state index contributed by atoms with van der Waals surface area (Å²) in [7, 11) is 0. The lowest BCUT2D eigenvalue weighted by molar-refractivity contribution is -0.168. The Morgan fingerprint density at radius 3 is 2.44 bits per heavy atom. The van der Waals surface area contributed by atoms with Crippen molar-refractivity contribution in [1.82, 2.24) is 5.43 Å². The number of hydrazine groups is 1. The lowest BCUT2D eigenvalue weighted by Gasteiger charge is -2.30. The molecule has 0 aromatic heterocycles. The minimum atomic E-state index is -4.12. The minimum Gasteiger partial charge on any atom is -0.381 e. The first-order chi connectivity index (χ1) is 8.47. The molecule has 0 spiro atoms. The van der Waals surface area contributed by atoms with Crippen LogP contribution in [0.5, 0.6) is 0 Å². The lowest BCUT2D eigenvalue weighted by atomic mass is 9.93. The van der Waals surface area contributed by atoms with Gasteiger partial charge in [-0.05, 0) is 18.8 Å². The number of hydrogen-bond acceptors (Lipinski definition) is 4. The molecule has 1 saturated heterocycles. The Morgan fingerprint density at radius 2 is 1.94 bits per heavy atom. The Balaban J connectivity index is 2.31. The maximum Gasteiger partial charge on any atom is 0.330 e. The molecule has 1 heterocycles. The maximum absolute atomic E-state index is 12.6. The second-order valence-corrected chi connectivity index (χ2v) is 4.30. The fourth-order valence-electron chi connectivity index (χ4n) is 1.82. The van der Waals surface area contributed by atoms with Crippen LogP contribution in [0.4, 0.5) is 17.6 Å². The van der Waals surface area contributed by atoms with Crippen LogP contribution >= 0.6 is 0 Å². The highest BCUT2D eigenvalue weighted by Crippen LogP contribution is 2.24.